The van der Waals surface area contributed by atoms with E-state index >= 15 is 0 Å². The van der Waals surface area contributed by atoms with Crippen LogP contribution in [0.5, 0.6) is 11.5 Å². The Morgan fingerprint density at radius 3 is 2.29 bits per heavy atom. The predicted octanol–water partition coefficient (Wildman–Crippen LogP) is 4.69. The van der Waals surface area contributed by atoms with Crippen molar-refractivity contribution in [2.75, 3.05) is 14.2 Å². The zero-order valence-electron chi connectivity index (χ0n) is 15.9. The first-order valence-electron chi connectivity index (χ1n) is 8.91. The summed E-state index contributed by atoms with van der Waals surface area (Å²) in [5.41, 5.74) is 2.24. The standard InChI is InChI=1S/C23H22FNO3/c1-25(15-18-10-13-22(27-2)21(24)14-18)23(26)19-11-8-17(9-12-19)16-28-20-6-4-3-5-7-20/h3-14H,15-16H2,1-2H3. The molecule has 28 heavy (non-hydrogen) atoms. The number of para-hydroxylation sites is 1. The fraction of sp³-hybridized carbons (Fsp3) is 0.174. The van der Waals surface area contributed by atoms with Crippen LogP contribution in [0.1, 0.15) is 21.5 Å². The van der Waals surface area contributed by atoms with Crippen molar-refractivity contribution in [3.63, 3.8) is 0 Å². The molecule has 0 saturated heterocycles. The lowest BCUT2D eigenvalue weighted by Gasteiger charge is -2.18. The molecule has 0 unspecified atom stereocenters. The molecule has 0 fully saturated rings. The highest BCUT2D eigenvalue weighted by Gasteiger charge is 2.13. The normalized spacial score (nSPS) is 10.4. The molecule has 0 aliphatic rings. The Hall–Kier alpha value is -3.34. The Morgan fingerprint density at radius 1 is 0.964 bits per heavy atom. The van der Waals surface area contributed by atoms with Gasteiger partial charge in [0, 0.05) is 19.2 Å². The van der Waals surface area contributed by atoms with Crippen molar-refractivity contribution < 1.29 is 18.7 Å². The quantitative estimate of drug-likeness (QED) is 0.598. The second kappa shape index (κ2) is 9.04. The average molecular weight is 379 g/mol. The van der Waals surface area contributed by atoms with Crippen LogP contribution in [-0.4, -0.2) is 25.0 Å². The van der Waals surface area contributed by atoms with Gasteiger partial charge in [0.15, 0.2) is 11.6 Å². The summed E-state index contributed by atoms with van der Waals surface area (Å²) in [5, 5.41) is 0. The molecule has 0 heterocycles. The lowest BCUT2D eigenvalue weighted by Crippen LogP contribution is -2.26. The molecule has 0 saturated carbocycles. The molecule has 0 aliphatic heterocycles. The van der Waals surface area contributed by atoms with E-state index in [2.05, 4.69) is 0 Å². The lowest BCUT2D eigenvalue weighted by atomic mass is 10.1. The number of carbonyl (C=O) groups excluding carboxylic acids is 1. The average Bonchev–Trinajstić information content (AvgIpc) is 2.73. The summed E-state index contributed by atoms with van der Waals surface area (Å²) in [5.74, 6) is 0.413. The van der Waals surface area contributed by atoms with Crippen LogP contribution in [0.25, 0.3) is 0 Å². The van der Waals surface area contributed by atoms with Crippen LogP contribution in [0.3, 0.4) is 0 Å². The summed E-state index contributed by atoms with van der Waals surface area (Å²) in [7, 11) is 3.11. The van der Waals surface area contributed by atoms with E-state index in [0.29, 0.717) is 24.3 Å². The number of ether oxygens (including phenoxy) is 2. The fourth-order valence-corrected chi connectivity index (χ4v) is 2.80. The van der Waals surface area contributed by atoms with Crippen molar-refractivity contribution in [2.24, 2.45) is 0 Å². The molecule has 3 rings (SSSR count). The Labute approximate surface area is 164 Å². The number of carbonyl (C=O) groups is 1. The van der Waals surface area contributed by atoms with Crippen LogP contribution in [0, 0.1) is 5.82 Å². The third kappa shape index (κ3) is 4.88. The summed E-state index contributed by atoms with van der Waals surface area (Å²) in [6.45, 7) is 0.734. The Bertz CT molecular complexity index is 926. The van der Waals surface area contributed by atoms with Crippen LogP contribution < -0.4 is 9.47 Å². The molecule has 1 amide bonds. The predicted molar refractivity (Wildman–Crippen MR) is 106 cm³/mol. The molecule has 0 aromatic heterocycles. The van der Waals surface area contributed by atoms with Crippen LogP contribution in [0.2, 0.25) is 0 Å². The molecule has 4 nitrogen and oxygen atoms in total. The molecule has 3 aromatic rings. The van der Waals surface area contributed by atoms with E-state index in [1.54, 1.807) is 36.2 Å². The Kier molecular flexibility index (Phi) is 6.27. The molecule has 5 heteroatoms. The minimum atomic E-state index is -0.441. The SMILES string of the molecule is COc1ccc(CN(C)C(=O)c2ccc(COc3ccccc3)cc2)cc1F. The van der Waals surface area contributed by atoms with Crippen LogP contribution in [-0.2, 0) is 13.2 Å². The summed E-state index contributed by atoms with van der Waals surface area (Å²) < 4.78 is 24.4. The van der Waals surface area contributed by atoms with E-state index in [-0.39, 0.29) is 11.7 Å². The van der Waals surface area contributed by atoms with Gasteiger partial charge in [-0.1, -0.05) is 36.4 Å². The number of benzene rings is 3. The zero-order chi connectivity index (χ0) is 19.9. The number of nitrogens with zero attached hydrogens (tertiary/aromatic N) is 1. The first kappa shape index (κ1) is 19.4. The van der Waals surface area contributed by atoms with E-state index in [1.165, 1.54) is 13.2 Å². The first-order chi connectivity index (χ1) is 13.6. The van der Waals surface area contributed by atoms with Crippen LogP contribution in [0.4, 0.5) is 4.39 Å². The molecule has 144 valence electrons. The molecule has 0 radical (unpaired) electrons. The summed E-state index contributed by atoms with van der Waals surface area (Å²) in [6.07, 6.45) is 0. The maximum absolute atomic E-state index is 13.8. The second-order valence-corrected chi connectivity index (χ2v) is 6.43. The number of hydrogen-bond acceptors (Lipinski definition) is 3. The summed E-state index contributed by atoms with van der Waals surface area (Å²) >= 11 is 0. The minimum absolute atomic E-state index is 0.133. The van der Waals surface area contributed by atoms with Crippen molar-refractivity contribution in [1.29, 1.82) is 0 Å². The van der Waals surface area contributed by atoms with Gasteiger partial charge >= 0.3 is 0 Å². The van der Waals surface area contributed by atoms with Gasteiger partial charge in [0.05, 0.1) is 7.11 Å². The van der Waals surface area contributed by atoms with Crippen LogP contribution in [0.15, 0.2) is 72.8 Å². The van der Waals surface area contributed by atoms with Gasteiger partial charge in [-0.2, -0.15) is 0 Å². The molecule has 0 N–H and O–H groups in total. The smallest absolute Gasteiger partial charge is 0.253 e. The van der Waals surface area contributed by atoms with E-state index in [0.717, 1.165) is 11.3 Å². The zero-order valence-corrected chi connectivity index (χ0v) is 15.9. The first-order valence-corrected chi connectivity index (χ1v) is 8.91. The highest BCUT2D eigenvalue weighted by Crippen LogP contribution is 2.19. The van der Waals surface area contributed by atoms with Gasteiger partial charge in [-0.05, 0) is 47.5 Å². The fourth-order valence-electron chi connectivity index (χ4n) is 2.80. The maximum atomic E-state index is 13.8. The summed E-state index contributed by atoms with van der Waals surface area (Å²) in [6, 6.07) is 21.5. The third-order valence-electron chi connectivity index (χ3n) is 4.33. The van der Waals surface area contributed by atoms with Gasteiger partial charge in [-0.3, -0.25) is 4.79 Å². The van der Waals surface area contributed by atoms with E-state index in [9.17, 15) is 9.18 Å². The molecular formula is C23H22FNO3. The minimum Gasteiger partial charge on any atom is -0.494 e. The Balaban J connectivity index is 1.59. The van der Waals surface area contributed by atoms with Crippen molar-refractivity contribution in [1.82, 2.24) is 4.90 Å². The van der Waals surface area contributed by atoms with Crippen molar-refractivity contribution in [2.45, 2.75) is 13.2 Å². The van der Waals surface area contributed by atoms with Crippen LogP contribution >= 0.6 is 0 Å². The van der Waals surface area contributed by atoms with E-state index in [4.69, 9.17) is 9.47 Å². The molecule has 0 aliphatic carbocycles. The molecule has 0 atom stereocenters. The van der Waals surface area contributed by atoms with Gasteiger partial charge in [0.1, 0.15) is 12.4 Å². The maximum Gasteiger partial charge on any atom is 0.253 e. The van der Waals surface area contributed by atoms with Crippen molar-refractivity contribution in [3.05, 3.63) is 95.3 Å². The molecule has 0 bridgehead atoms. The molecule has 3 aromatic carbocycles. The van der Waals surface area contributed by atoms with Gasteiger partial charge in [0.25, 0.3) is 5.91 Å². The number of halogens is 1. The van der Waals surface area contributed by atoms with Gasteiger partial charge < -0.3 is 14.4 Å². The van der Waals surface area contributed by atoms with Gasteiger partial charge in [-0.25, -0.2) is 4.39 Å². The molecule has 0 spiro atoms. The number of hydrogen-bond donors (Lipinski definition) is 0. The van der Waals surface area contributed by atoms with Crippen molar-refractivity contribution >= 4 is 5.91 Å². The lowest BCUT2D eigenvalue weighted by molar-refractivity contribution is 0.0785. The number of rotatable bonds is 7. The second-order valence-electron chi connectivity index (χ2n) is 6.43. The highest BCUT2D eigenvalue weighted by molar-refractivity contribution is 5.94. The molecular weight excluding hydrogens is 357 g/mol. The summed E-state index contributed by atoms with van der Waals surface area (Å²) in [4.78, 5) is 14.2. The number of methoxy groups -OCH3 is 1. The topological polar surface area (TPSA) is 38.8 Å². The van der Waals surface area contributed by atoms with Gasteiger partial charge in [-0.15, -0.1) is 0 Å². The van der Waals surface area contributed by atoms with Crippen molar-refractivity contribution in [3.8, 4) is 11.5 Å². The highest BCUT2D eigenvalue weighted by atomic mass is 19.1. The Morgan fingerprint density at radius 2 is 1.64 bits per heavy atom. The third-order valence-corrected chi connectivity index (χ3v) is 4.33. The van der Waals surface area contributed by atoms with E-state index < -0.39 is 5.82 Å². The number of amides is 1. The largest absolute Gasteiger partial charge is 0.494 e. The monoisotopic (exact) mass is 379 g/mol. The van der Waals surface area contributed by atoms with E-state index in [1.807, 2.05) is 42.5 Å². The van der Waals surface area contributed by atoms with Gasteiger partial charge in [0.2, 0.25) is 0 Å².